The molecule has 0 aliphatic carbocycles. The third kappa shape index (κ3) is 5.51. The first-order valence-electron chi connectivity index (χ1n) is 8.95. The van der Waals surface area contributed by atoms with Crippen LogP contribution in [0.2, 0.25) is 0 Å². The topological polar surface area (TPSA) is 82.6 Å². The second kappa shape index (κ2) is 9.12. The number of nitro groups is 1. The van der Waals surface area contributed by atoms with Crippen molar-refractivity contribution in [2.75, 3.05) is 39.3 Å². The van der Waals surface area contributed by atoms with Gasteiger partial charge in [-0.2, -0.15) is 5.26 Å². The number of nitrogens with zero attached hydrogens (tertiary/aromatic N) is 4. The Morgan fingerprint density at radius 1 is 1.07 bits per heavy atom. The Kier molecular flexibility index (Phi) is 6.36. The summed E-state index contributed by atoms with van der Waals surface area (Å²) in [6.07, 6.45) is 0. The second-order valence-corrected chi connectivity index (χ2v) is 6.53. The number of nitriles is 1. The Labute approximate surface area is 158 Å². The van der Waals surface area contributed by atoms with E-state index in [1.807, 2.05) is 24.3 Å². The van der Waals surface area contributed by atoms with Crippen LogP contribution in [0.25, 0.3) is 0 Å². The smallest absolute Gasteiger partial charge is 0.273 e. The molecule has 0 atom stereocenters. The van der Waals surface area contributed by atoms with Crippen LogP contribution in [0, 0.1) is 21.4 Å². The van der Waals surface area contributed by atoms with Crippen LogP contribution in [0.1, 0.15) is 11.1 Å². The zero-order valence-electron chi connectivity index (χ0n) is 15.1. The van der Waals surface area contributed by atoms with E-state index in [2.05, 4.69) is 15.9 Å². The number of rotatable bonds is 7. The van der Waals surface area contributed by atoms with Crippen molar-refractivity contribution in [2.45, 2.75) is 6.54 Å². The minimum atomic E-state index is -0.417. The Bertz CT molecular complexity index is 809. The highest BCUT2D eigenvalue weighted by Gasteiger charge is 2.17. The molecule has 0 amide bonds. The van der Waals surface area contributed by atoms with Gasteiger partial charge in [-0.3, -0.25) is 19.9 Å². The molecule has 1 heterocycles. The highest BCUT2D eigenvalue weighted by molar-refractivity contribution is 5.37. The number of non-ortho nitro benzene ring substituents is 1. The van der Waals surface area contributed by atoms with Gasteiger partial charge >= 0.3 is 0 Å². The molecule has 0 unspecified atom stereocenters. The first-order valence-corrected chi connectivity index (χ1v) is 8.95. The average Bonchev–Trinajstić information content (AvgIpc) is 2.70. The van der Waals surface area contributed by atoms with Crippen LogP contribution in [0.5, 0.6) is 5.75 Å². The van der Waals surface area contributed by atoms with E-state index in [0.29, 0.717) is 17.9 Å². The predicted molar refractivity (Wildman–Crippen MR) is 101 cm³/mol. The standard InChI is InChI=1S/C20H22N4O3/c21-15-17-4-6-18(7-5-17)16-23-10-8-22(9-11-23)12-13-27-20-3-1-2-19(14-20)24(25)26/h1-7,14H,8-13,16H2. The number of benzene rings is 2. The van der Waals surface area contributed by atoms with Crippen molar-refractivity contribution in [1.29, 1.82) is 5.26 Å². The molecule has 0 N–H and O–H groups in total. The SMILES string of the molecule is N#Cc1ccc(CN2CCN(CCOc3cccc([N+](=O)[O-])c3)CC2)cc1. The molecule has 1 aliphatic rings. The molecule has 1 saturated heterocycles. The predicted octanol–water partition coefficient (Wildman–Crippen LogP) is 2.66. The summed E-state index contributed by atoms with van der Waals surface area (Å²) in [5.74, 6) is 0.531. The van der Waals surface area contributed by atoms with E-state index in [0.717, 1.165) is 39.3 Å². The van der Waals surface area contributed by atoms with Crippen molar-refractivity contribution in [3.63, 3.8) is 0 Å². The number of piperazine rings is 1. The van der Waals surface area contributed by atoms with Crippen LogP contribution in [-0.2, 0) is 6.54 Å². The van der Waals surface area contributed by atoms with E-state index in [1.165, 1.54) is 17.7 Å². The molecule has 7 nitrogen and oxygen atoms in total. The monoisotopic (exact) mass is 366 g/mol. The van der Waals surface area contributed by atoms with E-state index in [-0.39, 0.29) is 5.69 Å². The molecular formula is C20H22N4O3. The van der Waals surface area contributed by atoms with Crippen molar-refractivity contribution in [1.82, 2.24) is 9.80 Å². The van der Waals surface area contributed by atoms with Gasteiger partial charge in [0.2, 0.25) is 0 Å². The minimum absolute atomic E-state index is 0.0453. The second-order valence-electron chi connectivity index (χ2n) is 6.53. The average molecular weight is 366 g/mol. The molecule has 1 fully saturated rings. The molecule has 0 aromatic heterocycles. The molecule has 140 valence electrons. The van der Waals surface area contributed by atoms with Gasteiger partial charge in [0, 0.05) is 45.3 Å². The molecule has 0 spiro atoms. The van der Waals surface area contributed by atoms with E-state index in [1.54, 1.807) is 12.1 Å². The zero-order valence-corrected chi connectivity index (χ0v) is 15.1. The third-order valence-electron chi connectivity index (χ3n) is 4.66. The quantitative estimate of drug-likeness (QED) is 0.553. The van der Waals surface area contributed by atoms with Crippen LogP contribution in [-0.4, -0.2) is 54.1 Å². The minimum Gasteiger partial charge on any atom is -0.492 e. The van der Waals surface area contributed by atoms with Crippen molar-refractivity contribution in [3.8, 4) is 11.8 Å². The lowest BCUT2D eigenvalue weighted by Crippen LogP contribution is -2.47. The molecular weight excluding hydrogens is 344 g/mol. The lowest BCUT2D eigenvalue weighted by molar-refractivity contribution is -0.384. The first kappa shape index (κ1) is 18.8. The number of ether oxygens (including phenoxy) is 1. The number of hydrogen-bond donors (Lipinski definition) is 0. The van der Waals surface area contributed by atoms with Crippen LogP contribution in [0.4, 0.5) is 5.69 Å². The van der Waals surface area contributed by atoms with Gasteiger partial charge in [-0.05, 0) is 23.8 Å². The van der Waals surface area contributed by atoms with Crippen molar-refractivity contribution >= 4 is 5.69 Å². The molecule has 0 radical (unpaired) electrons. The lowest BCUT2D eigenvalue weighted by atomic mass is 10.1. The summed E-state index contributed by atoms with van der Waals surface area (Å²) in [5.41, 5.74) is 1.95. The zero-order chi connectivity index (χ0) is 19.1. The van der Waals surface area contributed by atoms with E-state index >= 15 is 0 Å². The third-order valence-corrected chi connectivity index (χ3v) is 4.66. The van der Waals surface area contributed by atoms with Gasteiger partial charge in [-0.1, -0.05) is 18.2 Å². The van der Waals surface area contributed by atoms with Crippen LogP contribution < -0.4 is 4.74 Å². The Balaban J connectivity index is 1.38. The van der Waals surface area contributed by atoms with Gasteiger partial charge in [0.05, 0.1) is 22.6 Å². The molecule has 27 heavy (non-hydrogen) atoms. The summed E-state index contributed by atoms with van der Waals surface area (Å²) in [5, 5.41) is 19.6. The molecule has 0 bridgehead atoms. The number of nitro benzene ring substituents is 1. The highest BCUT2D eigenvalue weighted by atomic mass is 16.6. The van der Waals surface area contributed by atoms with Gasteiger partial charge in [-0.15, -0.1) is 0 Å². The molecule has 1 aliphatic heterocycles. The first-order chi connectivity index (χ1) is 13.1. The maximum absolute atomic E-state index is 10.8. The molecule has 0 saturated carbocycles. The molecule has 2 aromatic rings. The van der Waals surface area contributed by atoms with Crippen molar-refractivity contribution in [3.05, 3.63) is 69.8 Å². The normalized spacial score (nSPS) is 15.2. The van der Waals surface area contributed by atoms with Gasteiger partial charge in [-0.25, -0.2) is 0 Å². The summed E-state index contributed by atoms with van der Waals surface area (Å²) in [4.78, 5) is 15.1. The fraction of sp³-hybridized carbons (Fsp3) is 0.350. The van der Waals surface area contributed by atoms with Gasteiger partial charge in [0.25, 0.3) is 5.69 Å². The van der Waals surface area contributed by atoms with E-state index in [9.17, 15) is 10.1 Å². The highest BCUT2D eigenvalue weighted by Crippen LogP contribution is 2.19. The van der Waals surface area contributed by atoms with E-state index in [4.69, 9.17) is 10.00 Å². The summed E-state index contributed by atoms with van der Waals surface area (Å²) in [7, 11) is 0. The summed E-state index contributed by atoms with van der Waals surface area (Å²) >= 11 is 0. The molecule has 3 rings (SSSR count). The maximum atomic E-state index is 10.8. The largest absolute Gasteiger partial charge is 0.492 e. The van der Waals surface area contributed by atoms with Crippen LogP contribution >= 0.6 is 0 Å². The molecule has 2 aromatic carbocycles. The Morgan fingerprint density at radius 3 is 2.44 bits per heavy atom. The fourth-order valence-corrected chi connectivity index (χ4v) is 3.09. The maximum Gasteiger partial charge on any atom is 0.273 e. The summed E-state index contributed by atoms with van der Waals surface area (Å²) < 4.78 is 5.66. The Hall–Kier alpha value is -2.95. The molecule has 7 heteroatoms. The summed E-state index contributed by atoms with van der Waals surface area (Å²) in [6.45, 7) is 6.10. The fourth-order valence-electron chi connectivity index (χ4n) is 3.09. The van der Waals surface area contributed by atoms with Crippen molar-refractivity contribution in [2.24, 2.45) is 0 Å². The lowest BCUT2D eigenvalue weighted by Gasteiger charge is -2.34. The Morgan fingerprint density at radius 2 is 1.78 bits per heavy atom. The van der Waals surface area contributed by atoms with Gasteiger partial charge in [0.15, 0.2) is 0 Å². The van der Waals surface area contributed by atoms with Crippen LogP contribution in [0.3, 0.4) is 0 Å². The number of hydrogen-bond acceptors (Lipinski definition) is 6. The van der Waals surface area contributed by atoms with Gasteiger partial charge in [0.1, 0.15) is 12.4 Å². The van der Waals surface area contributed by atoms with E-state index < -0.39 is 4.92 Å². The van der Waals surface area contributed by atoms with Crippen molar-refractivity contribution < 1.29 is 9.66 Å². The summed E-state index contributed by atoms with van der Waals surface area (Å²) in [6, 6.07) is 16.2. The van der Waals surface area contributed by atoms with Gasteiger partial charge < -0.3 is 4.74 Å². The van der Waals surface area contributed by atoms with Crippen LogP contribution in [0.15, 0.2) is 48.5 Å².